The predicted molar refractivity (Wildman–Crippen MR) is 73.4 cm³/mol. The number of hydrogen-bond acceptors (Lipinski definition) is 3. The molecule has 0 amide bonds. The van der Waals surface area contributed by atoms with Gasteiger partial charge in [0.05, 0.1) is 11.7 Å². The zero-order valence-corrected chi connectivity index (χ0v) is 12.5. The van der Waals surface area contributed by atoms with Crippen molar-refractivity contribution < 1.29 is 4.74 Å². The summed E-state index contributed by atoms with van der Waals surface area (Å²) in [5.74, 6) is 0. The molecule has 0 aromatic heterocycles. The van der Waals surface area contributed by atoms with Crippen LogP contribution >= 0.6 is 0 Å². The molecule has 1 saturated heterocycles. The first-order valence-electron chi connectivity index (χ1n) is 6.79. The van der Waals surface area contributed by atoms with Crippen molar-refractivity contribution in [3.8, 4) is 0 Å². The highest BCUT2D eigenvalue weighted by molar-refractivity contribution is 4.82. The van der Waals surface area contributed by atoms with Gasteiger partial charge in [0.2, 0.25) is 0 Å². The monoisotopic (exact) mass is 242 g/mol. The van der Waals surface area contributed by atoms with Crippen LogP contribution in [0.25, 0.3) is 0 Å². The van der Waals surface area contributed by atoms with Crippen LogP contribution < -0.4 is 5.32 Å². The summed E-state index contributed by atoms with van der Waals surface area (Å²) in [5, 5.41) is 3.51. The number of hydrogen-bond donors (Lipinski definition) is 1. The SMILES string of the molecule is CN(CCNC(C)(C)C)CC1CCC(C)(C)O1. The van der Waals surface area contributed by atoms with Gasteiger partial charge in [0.1, 0.15) is 0 Å². The van der Waals surface area contributed by atoms with Crippen molar-refractivity contribution >= 4 is 0 Å². The smallest absolute Gasteiger partial charge is 0.0710 e. The molecule has 3 nitrogen and oxygen atoms in total. The molecule has 1 aliphatic rings. The van der Waals surface area contributed by atoms with Gasteiger partial charge in [-0.2, -0.15) is 0 Å². The van der Waals surface area contributed by atoms with Gasteiger partial charge in [0, 0.05) is 25.2 Å². The van der Waals surface area contributed by atoms with E-state index in [1.54, 1.807) is 0 Å². The van der Waals surface area contributed by atoms with Crippen LogP contribution in [0.3, 0.4) is 0 Å². The summed E-state index contributed by atoms with van der Waals surface area (Å²) in [6.45, 7) is 14.2. The molecule has 1 fully saturated rings. The van der Waals surface area contributed by atoms with E-state index in [-0.39, 0.29) is 11.1 Å². The zero-order valence-electron chi connectivity index (χ0n) is 12.5. The Kier molecular flexibility index (Phi) is 4.99. The molecule has 0 aromatic rings. The number of nitrogens with zero attached hydrogens (tertiary/aromatic N) is 1. The van der Waals surface area contributed by atoms with E-state index in [1.165, 1.54) is 12.8 Å². The molecule has 0 aromatic carbocycles. The first kappa shape index (κ1) is 14.9. The summed E-state index contributed by atoms with van der Waals surface area (Å²) < 4.78 is 6.00. The lowest BCUT2D eigenvalue weighted by molar-refractivity contribution is -0.0258. The van der Waals surface area contributed by atoms with Crippen LogP contribution in [0.1, 0.15) is 47.5 Å². The molecule has 0 radical (unpaired) electrons. The van der Waals surface area contributed by atoms with E-state index in [1.807, 2.05) is 0 Å². The molecular weight excluding hydrogens is 212 g/mol. The average Bonchev–Trinajstić information content (AvgIpc) is 2.42. The maximum atomic E-state index is 6.00. The molecule has 1 rings (SSSR count). The van der Waals surface area contributed by atoms with Gasteiger partial charge >= 0.3 is 0 Å². The summed E-state index contributed by atoms with van der Waals surface area (Å²) in [6, 6.07) is 0. The highest BCUT2D eigenvalue weighted by atomic mass is 16.5. The van der Waals surface area contributed by atoms with Gasteiger partial charge < -0.3 is 15.0 Å². The van der Waals surface area contributed by atoms with Crippen LogP contribution in [0.4, 0.5) is 0 Å². The summed E-state index contributed by atoms with van der Waals surface area (Å²) in [7, 11) is 2.18. The largest absolute Gasteiger partial charge is 0.371 e. The zero-order chi connectivity index (χ0) is 13.1. The minimum absolute atomic E-state index is 0.0924. The minimum Gasteiger partial charge on any atom is -0.371 e. The molecule has 1 unspecified atom stereocenters. The lowest BCUT2D eigenvalue weighted by Crippen LogP contribution is -2.42. The molecule has 1 atom stereocenters. The maximum absolute atomic E-state index is 6.00. The Balaban J connectivity index is 2.16. The topological polar surface area (TPSA) is 24.5 Å². The third kappa shape index (κ3) is 6.39. The standard InChI is InChI=1S/C14H30N2O/c1-13(2,3)15-9-10-16(6)11-12-7-8-14(4,5)17-12/h12,15H,7-11H2,1-6H3. The average molecular weight is 242 g/mol. The fourth-order valence-electron chi connectivity index (χ4n) is 2.27. The molecule has 1 aliphatic heterocycles. The molecular formula is C14H30N2O. The van der Waals surface area contributed by atoms with Crippen LogP contribution in [0.5, 0.6) is 0 Å². The van der Waals surface area contributed by atoms with E-state index in [2.05, 4.69) is 51.9 Å². The molecule has 3 heteroatoms. The second kappa shape index (κ2) is 5.68. The van der Waals surface area contributed by atoms with Gasteiger partial charge in [-0.15, -0.1) is 0 Å². The van der Waals surface area contributed by atoms with Crippen LogP contribution in [0.15, 0.2) is 0 Å². The van der Waals surface area contributed by atoms with Gasteiger partial charge in [0.25, 0.3) is 0 Å². The molecule has 0 spiro atoms. The molecule has 0 bridgehead atoms. The van der Waals surface area contributed by atoms with Crippen molar-refractivity contribution in [3.63, 3.8) is 0 Å². The normalized spacial score (nSPS) is 24.5. The molecule has 1 heterocycles. The van der Waals surface area contributed by atoms with Crippen molar-refractivity contribution in [3.05, 3.63) is 0 Å². The lowest BCUT2D eigenvalue weighted by atomic mass is 10.1. The second-order valence-electron chi connectivity index (χ2n) is 6.98. The van der Waals surface area contributed by atoms with Crippen LogP contribution in [0, 0.1) is 0 Å². The molecule has 1 N–H and O–H groups in total. The number of rotatable bonds is 5. The van der Waals surface area contributed by atoms with Crippen molar-refractivity contribution in [2.24, 2.45) is 0 Å². The van der Waals surface area contributed by atoms with Crippen molar-refractivity contribution in [2.45, 2.75) is 64.7 Å². The van der Waals surface area contributed by atoms with Crippen molar-refractivity contribution in [2.75, 3.05) is 26.7 Å². The Labute approximate surface area is 107 Å². The number of likely N-dealkylation sites (N-methyl/N-ethyl adjacent to an activating group) is 1. The third-order valence-corrected chi connectivity index (χ3v) is 3.22. The first-order valence-corrected chi connectivity index (χ1v) is 6.79. The molecule has 17 heavy (non-hydrogen) atoms. The molecule has 102 valence electrons. The number of nitrogens with one attached hydrogen (secondary N) is 1. The lowest BCUT2D eigenvalue weighted by Gasteiger charge is -2.26. The Morgan fingerprint density at radius 1 is 1.35 bits per heavy atom. The van der Waals surface area contributed by atoms with Crippen LogP contribution in [-0.4, -0.2) is 48.8 Å². The van der Waals surface area contributed by atoms with E-state index in [9.17, 15) is 0 Å². The Hall–Kier alpha value is -0.120. The van der Waals surface area contributed by atoms with Gasteiger partial charge in [-0.05, 0) is 54.5 Å². The fraction of sp³-hybridized carbons (Fsp3) is 1.00. The van der Waals surface area contributed by atoms with Gasteiger partial charge in [0.15, 0.2) is 0 Å². The third-order valence-electron chi connectivity index (χ3n) is 3.22. The van der Waals surface area contributed by atoms with Crippen LogP contribution in [-0.2, 0) is 4.74 Å². The summed E-state index contributed by atoms with van der Waals surface area (Å²) in [6.07, 6.45) is 2.81. The highest BCUT2D eigenvalue weighted by Crippen LogP contribution is 2.29. The molecule has 0 aliphatic carbocycles. The van der Waals surface area contributed by atoms with E-state index in [0.29, 0.717) is 6.10 Å². The number of ether oxygens (including phenoxy) is 1. The van der Waals surface area contributed by atoms with E-state index < -0.39 is 0 Å². The van der Waals surface area contributed by atoms with Crippen LogP contribution in [0.2, 0.25) is 0 Å². The Morgan fingerprint density at radius 2 is 2.00 bits per heavy atom. The fourth-order valence-corrected chi connectivity index (χ4v) is 2.27. The Morgan fingerprint density at radius 3 is 2.47 bits per heavy atom. The molecule has 0 saturated carbocycles. The minimum atomic E-state index is 0.0924. The second-order valence-corrected chi connectivity index (χ2v) is 6.98. The van der Waals surface area contributed by atoms with E-state index >= 15 is 0 Å². The van der Waals surface area contributed by atoms with E-state index in [0.717, 1.165) is 19.6 Å². The van der Waals surface area contributed by atoms with Gasteiger partial charge in [-0.25, -0.2) is 0 Å². The summed E-state index contributed by atoms with van der Waals surface area (Å²) in [4.78, 5) is 2.37. The van der Waals surface area contributed by atoms with Gasteiger partial charge in [-0.3, -0.25) is 0 Å². The highest BCUT2D eigenvalue weighted by Gasteiger charge is 2.31. The summed E-state index contributed by atoms with van der Waals surface area (Å²) >= 11 is 0. The van der Waals surface area contributed by atoms with Crippen molar-refractivity contribution in [1.29, 1.82) is 0 Å². The van der Waals surface area contributed by atoms with E-state index in [4.69, 9.17) is 4.74 Å². The van der Waals surface area contributed by atoms with Crippen molar-refractivity contribution in [1.82, 2.24) is 10.2 Å². The first-order chi connectivity index (χ1) is 7.68. The Bertz CT molecular complexity index is 233. The summed E-state index contributed by atoms with van der Waals surface area (Å²) in [5.41, 5.74) is 0.307. The van der Waals surface area contributed by atoms with Gasteiger partial charge in [-0.1, -0.05) is 0 Å². The quantitative estimate of drug-likeness (QED) is 0.800. The predicted octanol–water partition coefficient (Wildman–Crippen LogP) is 2.26. The maximum Gasteiger partial charge on any atom is 0.0710 e.